The number of nitrogens with zero attached hydrogens (tertiary/aromatic N) is 1. The van der Waals surface area contributed by atoms with Crippen LogP contribution in [0.2, 0.25) is 0 Å². The number of carbonyl (C=O) groups excluding carboxylic acids is 1. The first-order valence-electron chi connectivity index (χ1n) is 7.59. The van der Waals surface area contributed by atoms with Crippen molar-refractivity contribution < 1.29 is 22.7 Å². The number of piperidine rings is 1. The van der Waals surface area contributed by atoms with E-state index in [-0.39, 0.29) is 24.0 Å². The van der Waals surface area contributed by atoms with Crippen LogP contribution in [0.25, 0.3) is 0 Å². The average Bonchev–Trinajstić information content (AvgIpc) is 2.55. The maximum absolute atomic E-state index is 13.0. The Morgan fingerprint density at radius 1 is 1.35 bits per heavy atom. The molecule has 0 saturated carbocycles. The maximum Gasteiger partial charge on any atom is 0.243 e. The number of nitrogens with one attached hydrogen (secondary N) is 1. The standard InChI is InChI=1S/C15H21FN2O4S/c16-13-4-6-14(7-5-13)23(21,22)18-9-1-3-12(11-18)15(20)17-8-2-10-19/h4-7,12,19H,1-3,8-11H2,(H,17,20)/t12-/m1/s1. The summed E-state index contributed by atoms with van der Waals surface area (Å²) in [5.74, 6) is -1.10. The van der Waals surface area contributed by atoms with Crippen molar-refractivity contribution in [3.63, 3.8) is 0 Å². The molecule has 128 valence electrons. The van der Waals surface area contributed by atoms with Crippen LogP contribution >= 0.6 is 0 Å². The van der Waals surface area contributed by atoms with E-state index in [9.17, 15) is 17.6 Å². The molecule has 6 nitrogen and oxygen atoms in total. The lowest BCUT2D eigenvalue weighted by molar-refractivity contribution is -0.126. The quantitative estimate of drug-likeness (QED) is 0.745. The molecular weight excluding hydrogens is 323 g/mol. The van der Waals surface area contributed by atoms with Gasteiger partial charge < -0.3 is 10.4 Å². The van der Waals surface area contributed by atoms with E-state index in [4.69, 9.17) is 5.11 Å². The van der Waals surface area contributed by atoms with Crippen LogP contribution in [0.3, 0.4) is 0 Å². The van der Waals surface area contributed by atoms with Crippen molar-refractivity contribution in [1.29, 1.82) is 0 Å². The predicted molar refractivity (Wildman–Crippen MR) is 82.6 cm³/mol. The summed E-state index contributed by atoms with van der Waals surface area (Å²) < 4.78 is 39.4. The third kappa shape index (κ3) is 4.49. The normalized spacial score (nSPS) is 19.5. The maximum atomic E-state index is 13.0. The molecule has 23 heavy (non-hydrogen) atoms. The molecule has 0 radical (unpaired) electrons. The topological polar surface area (TPSA) is 86.7 Å². The van der Waals surface area contributed by atoms with Gasteiger partial charge in [0.15, 0.2) is 0 Å². The first-order valence-corrected chi connectivity index (χ1v) is 9.03. The number of sulfonamides is 1. The van der Waals surface area contributed by atoms with Crippen LogP contribution in [-0.2, 0) is 14.8 Å². The van der Waals surface area contributed by atoms with Gasteiger partial charge in [-0.1, -0.05) is 0 Å². The van der Waals surface area contributed by atoms with Crippen molar-refractivity contribution in [2.45, 2.75) is 24.2 Å². The minimum Gasteiger partial charge on any atom is -0.396 e. The van der Waals surface area contributed by atoms with Crippen molar-refractivity contribution in [3.05, 3.63) is 30.1 Å². The summed E-state index contributed by atoms with van der Waals surface area (Å²) in [5, 5.41) is 11.4. The lowest BCUT2D eigenvalue weighted by Gasteiger charge is -2.31. The highest BCUT2D eigenvalue weighted by Crippen LogP contribution is 2.24. The number of aliphatic hydroxyl groups excluding tert-OH is 1. The molecule has 1 fully saturated rings. The first-order chi connectivity index (χ1) is 10.9. The monoisotopic (exact) mass is 344 g/mol. The number of hydrogen-bond donors (Lipinski definition) is 2. The second kappa shape index (κ2) is 7.85. The number of carbonyl (C=O) groups is 1. The number of aliphatic hydroxyl groups is 1. The van der Waals surface area contributed by atoms with Gasteiger partial charge in [0.1, 0.15) is 5.82 Å². The molecule has 0 bridgehead atoms. The van der Waals surface area contributed by atoms with E-state index < -0.39 is 21.8 Å². The Balaban J connectivity index is 2.05. The highest BCUT2D eigenvalue weighted by Gasteiger charge is 2.33. The van der Waals surface area contributed by atoms with Gasteiger partial charge in [-0.3, -0.25) is 4.79 Å². The van der Waals surface area contributed by atoms with Crippen molar-refractivity contribution >= 4 is 15.9 Å². The molecule has 2 rings (SSSR count). The van der Waals surface area contributed by atoms with Gasteiger partial charge in [0.25, 0.3) is 0 Å². The largest absolute Gasteiger partial charge is 0.396 e. The van der Waals surface area contributed by atoms with Crippen molar-refractivity contribution in [2.75, 3.05) is 26.2 Å². The summed E-state index contributed by atoms with van der Waals surface area (Å²) in [7, 11) is -3.72. The zero-order chi connectivity index (χ0) is 16.9. The zero-order valence-electron chi connectivity index (χ0n) is 12.7. The smallest absolute Gasteiger partial charge is 0.243 e. The molecule has 1 aliphatic rings. The van der Waals surface area contributed by atoms with E-state index in [1.165, 1.54) is 16.4 Å². The molecule has 1 saturated heterocycles. The van der Waals surface area contributed by atoms with E-state index >= 15 is 0 Å². The van der Waals surface area contributed by atoms with Gasteiger partial charge in [0.05, 0.1) is 10.8 Å². The summed E-state index contributed by atoms with van der Waals surface area (Å²) in [6.07, 6.45) is 1.69. The number of amides is 1. The van der Waals surface area contributed by atoms with Crippen LogP contribution in [0.4, 0.5) is 4.39 Å². The molecule has 1 aromatic carbocycles. The number of hydrogen-bond acceptors (Lipinski definition) is 4. The summed E-state index contributed by atoms with van der Waals surface area (Å²) in [4.78, 5) is 12.1. The molecule has 1 atom stereocenters. The molecule has 0 unspecified atom stereocenters. The lowest BCUT2D eigenvalue weighted by Crippen LogP contribution is -2.45. The summed E-state index contributed by atoms with van der Waals surface area (Å²) in [5.41, 5.74) is 0. The third-order valence-electron chi connectivity index (χ3n) is 3.84. The fourth-order valence-electron chi connectivity index (χ4n) is 2.57. The fraction of sp³-hybridized carbons (Fsp3) is 0.533. The SMILES string of the molecule is O=C(NCCCO)[C@@H]1CCCN(S(=O)(=O)c2ccc(F)cc2)C1. The lowest BCUT2D eigenvalue weighted by atomic mass is 9.99. The molecule has 2 N–H and O–H groups in total. The van der Waals surface area contributed by atoms with E-state index in [2.05, 4.69) is 5.32 Å². The highest BCUT2D eigenvalue weighted by atomic mass is 32.2. The number of rotatable bonds is 6. The van der Waals surface area contributed by atoms with Gasteiger partial charge in [0, 0.05) is 26.2 Å². The first kappa shape index (κ1) is 17.8. The number of benzene rings is 1. The molecule has 1 amide bonds. The van der Waals surface area contributed by atoms with Crippen LogP contribution in [0, 0.1) is 11.7 Å². The summed E-state index contributed by atoms with van der Waals surface area (Å²) in [6.45, 7) is 0.831. The van der Waals surface area contributed by atoms with E-state index in [0.29, 0.717) is 32.4 Å². The van der Waals surface area contributed by atoms with E-state index in [1.54, 1.807) is 0 Å². The van der Waals surface area contributed by atoms with E-state index in [1.807, 2.05) is 0 Å². The van der Waals surface area contributed by atoms with Crippen molar-refractivity contribution in [2.24, 2.45) is 5.92 Å². The Bertz CT molecular complexity index is 633. The van der Waals surface area contributed by atoms with Gasteiger partial charge in [-0.25, -0.2) is 12.8 Å². The number of halogens is 1. The Hall–Kier alpha value is -1.51. The van der Waals surface area contributed by atoms with Crippen LogP contribution in [0.5, 0.6) is 0 Å². The molecule has 1 aromatic rings. The molecule has 1 heterocycles. The van der Waals surface area contributed by atoms with Crippen LogP contribution in [-0.4, -0.2) is 50.0 Å². The Morgan fingerprint density at radius 2 is 2.04 bits per heavy atom. The molecule has 1 aliphatic heterocycles. The second-order valence-electron chi connectivity index (χ2n) is 5.52. The Morgan fingerprint density at radius 3 is 2.70 bits per heavy atom. The minimum atomic E-state index is -3.72. The van der Waals surface area contributed by atoms with Gasteiger partial charge in [-0.05, 0) is 43.5 Å². The van der Waals surface area contributed by atoms with Crippen LogP contribution in [0.1, 0.15) is 19.3 Å². The molecule has 8 heteroatoms. The van der Waals surface area contributed by atoms with E-state index in [0.717, 1.165) is 12.1 Å². The van der Waals surface area contributed by atoms with Crippen molar-refractivity contribution in [3.8, 4) is 0 Å². The zero-order valence-corrected chi connectivity index (χ0v) is 13.6. The van der Waals surface area contributed by atoms with Gasteiger partial charge in [-0.15, -0.1) is 0 Å². The molecule has 0 aliphatic carbocycles. The molecule has 0 spiro atoms. The van der Waals surface area contributed by atoms with Crippen LogP contribution < -0.4 is 5.32 Å². The molecular formula is C15H21FN2O4S. The highest BCUT2D eigenvalue weighted by molar-refractivity contribution is 7.89. The minimum absolute atomic E-state index is 0.00395. The average molecular weight is 344 g/mol. The van der Waals surface area contributed by atoms with Gasteiger partial charge >= 0.3 is 0 Å². The second-order valence-corrected chi connectivity index (χ2v) is 7.46. The summed E-state index contributed by atoms with van der Waals surface area (Å²) >= 11 is 0. The predicted octanol–water partition coefficient (Wildman–Crippen LogP) is 0.725. The summed E-state index contributed by atoms with van der Waals surface area (Å²) in [6, 6.07) is 4.68. The van der Waals surface area contributed by atoms with Gasteiger partial charge in [-0.2, -0.15) is 4.31 Å². The van der Waals surface area contributed by atoms with Crippen molar-refractivity contribution in [1.82, 2.24) is 9.62 Å². The Kier molecular flexibility index (Phi) is 6.09. The van der Waals surface area contributed by atoms with Crippen LogP contribution in [0.15, 0.2) is 29.2 Å². The van der Waals surface area contributed by atoms with Gasteiger partial charge in [0.2, 0.25) is 15.9 Å². The Labute approximate surface area is 135 Å². The fourth-order valence-corrected chi connectivity index (χ4v) is 4.09. The molecule has 0 aromatic heterocycles. The third-order valence-corrected chi connectivity index (χ3v) is 5.72.